The van der Waals surface area contributed by atoms with Crippen LogP contribution >= 0.6 is 0 Å². The van der Waals surface area contributed by atoms with E-state index in [1.165, 1.54) is 5.56 Å². The lowest BCUT2D eigenvalue weighted by Gasteiger charge is -2.40. The first-order valence-corrected chi connectivity index (χ1v) is 7.68. The van der Waals surface area contributed by atoms with Crippen molar-refractivity contribution in [3.8, 4) is 0 Å². The molecule has 2 heterocycles. The number of benzene rings is 1. The molecule has 5 heteroatoms. The van der Waals surface area contributed by atoms with Crippen molar-refractivity contribution < 1.29 is 9.59 Å². The van der Waals surface area contributed by atoms with Gasteiger partial charge in [0, 0.05) is 30.5 Å². The largest absolute Gasteiger partial charge is 0.307 e. The van der Waals surface area contributed by atoms with Crippen LogP contribution < -0.4 is 10.3 Å². The van der Waals surface area contributed by atoms with E-state index in [4.69, 9.17) is 0 Å². The van der Waals surface area contributed by atoms with E-state index in [0.717, 1.165) is 23.4 Å². The van der Waals surface area contributed by atoms with E-state index < -0.39 is 0 Å². The van der Waals surface area contributed by atoms with Gasteiger partial charge in [-0.3, -0.25) is 9.59 Å². The Balaban J connectivity index is 1.98. The minimum atomic E-state index is -0.232. The fourth-order valence-electron chi connectivity index (χ4n) is 3.09. The molecule has 0 aromatic heterocycles. The van der Waals surface area contributed by atoms with Crippen molar-refractivity contribution in [2.24, 2.45) is 5.10 Å². The van der Waals surface area contributed by atoms with Crippen molar-refractivity contribution in [1.29, 1.82) is 0 Å². The molecular weight excluding hydrogens is 278 g/mol. The smallest absolute Gasteiger partial charge is 0.240 e. The van der Waals surface area contributed by atoms with Gasteiger partial charge in [0.05, 0.1) is 5.71 Å². The van der Waals surface area contributed by atoms with Gasteiger partial charge in [0.15, 0.2) is 0 Å². The first-order chi connectivity index (χ1) is 10.4. The first-order valence-electron chi connectivity index (χ1n) is 7.68. The predicted molar refractivity (Wildman–Crippen MR) is 85.9 cm³/mol. The summed E-state index contributed by atoms with van der Waals surface area (Å²) in [4.78, 5) is 25.4. The Kier molecular flexibility index (Phi) is 3.51. The third-order valence-electron chi connectivity index (χ3n) is 4.09. The highest BCUT2D eigenvalue weighted by Crippen LogP contribution is 2.34. The van der Waals surface area contributed by atoms with E-state index in [1.807, 2.05) is 17.0 Å². The van der Waals surface area contributed by atoms with Gasteiger partial charge in [-0.15, -0.1) is 0 Å². The number of aryl methyl sites for hydroxylation is 1. The summed E-state index contributed by atoms with van der Waals surface area (Å²) in [6.07, 6.45) is 2.43. The van der Waals surface area contributed by atoms with Crippen molar-refractivity contribution in [2.45, 2.75) is 52.0 Å². The van der Waals surface area contributed by atoms with Crippen LogP contribution in [0, 0.1) is 0 Å². The predicted octanol–water partition coefficient (Wildman–Crippen LogP) is 2.38. The lowest BCUT2D eigenvalue weighted by Crippen LogP contribution is -2.48. The number of hydrazone groups is 1. The van der Waals surface area contributed by atoms with Crippen molar-refractivity contribution in [1.82, 2.24) is 5.43 Å². The molecule has 0 unspecified atom stereocenters. The van der Waals surface area contributed by atoms with Crippen LogP contribution in [0.25, 0.3) is 0 Å². The molecule has 22 heavy (non-hydrogen) atoms. The van der Waals surface area contributed by atoms with Gasteiger partial charge in [-0.1, -0.05) is 6.07 Å². The highest BCUT2D eigenvalue weighted by atomic mass is 16.2. The summed E-state index contributed by atoms with van der Waals surface area (Å²) < 4.78 is 0. The maximum Gasteiger partial charge on any atom is 0.240 e. The number of carbonyl (C=O) groups excluding carboxylic acids is 2. The summed E-state index contributed by atoms with van der Waals surface area (Å²) in [5, 5.41) is 4.15. The van der Waals surface area contributed by atoms with Gasteiger partial charge >= 0.3 is 0 Å². The second-order valence-electron chi connectivity index (χ2n) is 6.84. The zero-order valence-corrected chi connectivity index (χ0v) is 13.3. The van der Waals surface area contributed by atoms with Gasteiger partial charge in [-0.2, -0.15) is 5.10 Å². The molecule has 116 valence electrons. The molecular formula is C17H21N3O2. The average Bonchev–Trinajstić information content (AvgIpc) is 2.46. The number of hydrogen-bond donors (Lipinski definition) is 1. The minimum Gasteiger partial charge on any atom is -0.307 e. The van der Waals surface area contributed by atoms with Crippen molar-refractivity contribution >= 4 is 23.2 Å². The molecule has 0 aliphatic carbocycles. The average molecular weight is 299 g/mol. The van der Waals surface area contributed by atoms with Crippen molar-refractivity contribution in [3.63, 3.8) is 0 Å². The summed E-state index contributed by atoms with van der Waals surface area (Å²) in [6, 6.07) is 6.11. The molecule has 3 rings (SSSR count). The van der Waals surface area contributed by atoms with E-state index in [9.17, 15) is 9.59 Å². The highest BCUT2D eigenvalue weighted by Gasteiger charge is 2.32. The van der Waals surface area contributed by atoms with Gasteiger partial charge in [0.1, 0.15) is 0 Å². The number of carbonyl (C=O) groups is 2. The second-order valence-corrected chi connectivity index (χ2v) is 6.84. The molecule has 0 radical (unpaired) electrons. The number of rotatable bonds is 1. The first kappa shape index (κ1) is 14.8. The molecule has 0 atom stereocenters. The highest BCUT2D eigenvalue weighted by molar-refractivity contribution is 6.05. The van der Waals surface area contributed by atoms with Gasteiger partial charge in [0.25, 0.3) is 0 Å². The number of nitrogens with one attached hydrogen (secondary N) is 1. The molecule has 1 aromatic rings. The van der Waals surface area contributed by atoms with Crippen LogP contribution in [0.4, 0.5) is 5.69 Å². The lowest BCUT2D eigenvalue weighted by molar-refractivity contribution is -0.121. The fraction of sp³-hybridized carbons (Fsp3) is 0.471. The Hall–Kier alpha value is -2.17. The van der Waals surface area contributed by atoms with E-state index >= 15 is 0 Å². The van der Waals surface area contributed by atoms with Crippen LogP contribution in [0.3, 0.4) is 0 Å². The number of hydrogen-bond acceptors (Lipinski definition) is 3. The van der Waals surface area contributed by atoms with Gasteiger partial charge in [-0.05, 0) is 50.5 Å². The van der Waals surface area contributed by atoms with Crippen molar-refractivity contribution in [2.75, 3.05) is 4.90 Å². The maximum absolute atomic E-state index is 12.3. The molecule has 1 N–H and O–H groups in total. The summed E-state index contributed by atoms with van der Waals surface area (Å²) in [7, 11) is 0. The Labute approximate surface area is 130 Å². The SMILES string of the molecule is CC(C)(C)N1C(=O)CCc2cc(C3=NNC(=O)CC3)ccc21. The molecule has 0 bridgehead atoms. The summed E-state index contributed by atoms with van der Waals surface area (Å²) in [5.74, 6) is 0.140. The zero-order valence-electron chi connectivity index (χ0n) is 13.3. The van der Waals surface area contributed by atoms with Crippen LogP contribution in [-0.4, -0.2) is 23.1 Å². The standard InChI is InChI=1S/C17H21N3O2/c1-17(2,3)20-14-7-4-11(10-12(14)5-9-16(20)22)13-6-8-15(21)19-18-13/h4,7,10H,5-6,8-9H2,1-3H3,(H,19,21). The van der Waals surface area contributed by atoms with Crippen LogP contribution in [0.15, 0.2) is 23.3 Å². The molecule has 1 aromatic carbocycles. The van der Waals surface area contributed by atoms with E-state index in [-0.39, 0.29) is 17.4 Å². The summed E-state index contributed by atoms with van der Waals surface area (Å²) in [6.45, 7) is 6.15. The molecule has 2 aliphatic heterocycles. The molecule has 5 nitrogen and oxygen atoms in total. The third kappa shape index (κ3) is 2.63. The topological polar surface area (TPSA) is 61.8 Å². The Morgan fingerprint density at radius 3 is 2.50 bits per heavy atom. The van der Waals surface area contributed by atoms with Gasteiger partial charge in [0.2, 0.25) is 11.8 Å². The van der Waals surface area contributed by atoms with E-state index in [0.29, 0.717) is 19.3 Å². The zero-order chi connectivity index (χ0) is 15.9. The molecule has 2 amide bonds. The van der Waals surface area contributed by atoms with Crippen LogP contribution in [-0.2, 0) is 16.0 Å². The molecule has 0 saturated carbocycles. The minimum absolute atomic E-state index is 0.0359. The second kappa shape index (κ2) is 5.23. The Morgan fingerprint density at radius 2 is 1.86 bits per heavy atom. The van der Waals surface area contributed by atoms with Crippen molar-refractivity contribution in [3.05, 3.63) is 29.3 Å². The third-order valence-corrected chi connectivity index (χ3v) is 4.09. The molecule has 0 fully saturated rings. The van der Waals surface area contributed by atoms with E-state index in [1.54, 1.807) is 0 Å². The molecule has 2 aliphatic rings. The Morgan fingerprint density at radius 1 is 1.09 bits per heavy atom. The number of anilines is 1. The number of nitrogens with zero attached hydrogens (tertiary/aromatic N) is 2. The fourth-order valence-corrected chi connectivity index (χ4v) is 3.09. The summed E-state index contributed by atoms with van der Waals surface area (Å²) in [5.41, 5.74) is 6.40. The summed E-state index contributed by atoms with van der Waals surface area (Å²) >= 11 is 0. The monoisotopic (exact) mass is 299 g/mol. The van der Waals surface area contributed by atoms with Gasteiger partial charge < -0.3 is 4.90 Å². The normalized spacial score (nSPS) is 18.7. The lowest BCUT2D eigenvalue weighted by atomic mass is 9.92. The van der Waals surface area contributed by atoms with Crippen LogP contribution in [0.5, 0.6) is 0 Å². The maximum atomic E-state index is 12.3. The number of fused-ring (bicyclic) bond motifs is 1. The van der Waals surface area contributed by atoms with Gasteiger partial charge in [-0.25, -0.2) is 5.43 Å². The molecule has 0 spiro atoms. The molecule has 0 saturated heterocycles. The quantitative estimate of drug-likeness (QED) is 0.865. The Bertz CT molecular complexity index is 671. The number of amides is 2. The van der Waals surface area contributed by atoms with Crippen LogP contribution in [0.1, 0.15) is 51.2 Å². The van der Waals surface area contributed by atoms with E-state index in [2.05, 4.69) is 37.4 Å². The van der Waals surface area contributed by atoms with Crippen LogP contribution in [0.2, 0.25) is 0 Å².